The number of hydrogen-bond acceptors (Lipinski definition) is 3. The number of anilines is 2. The molecule has 0 aromatic heterocycles. The van der Waals surface area contributed by atoms with Crippen LogP contribution in [0, 0.1) is 0 Å². The zero-order valence-corrected chi connectivity index (χ0v) is 17.5. The van der Waals surface area contributed by atoms with Gasteiger partial charge in [0, 0.05) is 17.9 Å². The van der Waals surface area contributed by atoms with Gasteiger partial charge in [0.15, 0.2) is 0 Å². The summed E-state index contributed by atoms with van der Waals surface area (Å²) in [6.45, 7) is 2.93. The van der Waals surface area contributed by atoms with E-state index < -0.39 is 0 Å². The minimum absolute atomic E-state index is 0.779. The summed E-state index contributed by atoms with van der Waals surface area (Å²) in [5, 5.41) is 4.48. The molecule has 3 aromatic rings. The highest BCUT2D eigenvalue weighted by Crippen LogP contribution is 2.30. The molecule has 0 saturated carbocycles. The van der Waals surface area contributed by atoms with E-state index in [1.807, 2.05) is 30.3 Å². The average Bonchev–Trinajstić information content (AvgIpc) is 2.82. The van der Waals surface area contributed by atoms with Crippen LogP contribution in [0.4, 0.5) is 11.4 Å². The van der Waals surface area contributed by atoms with E-state index in [1.165, 1.54) is 0 Å². The zero-order chi connectivity index (χ0) is 21.0. The van der Waals surface area contributed by atoms with Gasteiger partial charge in [-0.25, -0.2) is 4.98 Å². The van der Waals surface area contributed by atoms with Crippen molar-refractivity contribution in [3.8, 4) is 17.1 Å². The van der Waals surface area contributed by atoms with Crippen molar-refractivity contribution in [1.82, 2.24) is 9.55 Å². The lowest BCUT2D eigenvalue weighted by atomic mass is 10.1. The van der Waals surface area contributed by atoms with Crippen LogP contribution >= 0.6 is 0 Å². The number of benzene rings is 4. The molecule has 0 unspecified atom stereocenters. The van der Waals surface area contributed by atoms with Gasteiger partial charge in [0.25, 0.3) is 0 Å². The number of nitrogens with one attached hydrogen (secondary N) is 1. The fourth-order valence-electron chi connectivity index (χ4n) is 3.84. The Morgan fingerprint density at radius 2 is 1.55 bits per heavy atom. The van der Waals surface area contributed by atoms with Crippen LogP contribution in [0.1, 0.15) is 13.3 Å². The minimum atomic E-state index is 0.779. The van der Waals surface area contributed by atoms with Gasteiger partial charge in [0.05, 0.1) is 33.5 Å². The Balaban J connectivity index is 1.81. The topological polar surface area (TPSA) is 42.2 Å². The number of para-hydroxylation sites is 4. The van der Waals surface area contributed by atoms with Crippen LogP contribution in [-0.2, 0) is 0 Å². The van der Waals surface area contributed by atoms with Crippen molar-refractivity contribution in [1.29, 1.82) is 0 Å². The van der Waals surface area contributed by atoms with Gasteiger partial charge in [-0.2, -0.15) is 0 Å². The lowest BCUT2D eigenvalue weighted by Gasteiger charge is -2.20. The van der Waals surface area contributed by atoms with E-state index >= 15 is 0 Å². The van der Waals surface area contributed by atoms with Crippen LogP contribution in [0.2, 0.25) is 0 Å². The third-order valence-electron chi connectivity index (χ3n) is 5.27. The van der Waals surface area contributed by atoms with E-state index in [9.17, 15) is 0 Å². The second kappa shape index (κ2) is 8.44. The van der Waals surface area contributed by atoms with Crippen LogP contribution in [0.5, 0.6) is 0 Å². The Labute approximate surface area is 181 Å². The van der Waals surface area contributed by atoms with Gasteiger partial charge in [-0.1, -0.05) is 55.5 Å². The summed E-state index contributed by atoms with van der Waals surface area (Å²) < 4.78 is 2.27. The molecule has 31 heavy (non-hydrogen) atoms. The van der Waals surface area contributed by atoms with Crippen molar-refractivity contribution in [2.24, 2.45) is 4.99 Å². The summed E-state index contributed by atoms with van der Waals surface area (Å²) in [6.07, 6.45) is 0.997. The summed E-state index contributed by atoms with van der Waals surface area (Å²) in [7, 11) is 0. The van der Waals surface area contributed by atoms with E-state index in [0.29, 0.717) is 0 Å². The highest BCUT2D eigenvalue weighted by atomic mass is 15.0. The van der Waals surface area contributed by atoms with Crippen LogP contribution in [-0.4, -0.2) is 16.1 Å². The molecule has 4 heteroatoms. The molecule has 1 aliphatic carbocycles. The molecule has 1 heterocycles. The highest BCUT2D eigenvalue weighted by molar-refractivity contribution is 5.84. The molecule has 0 fully saturated rings. The fourth-order valence-corrected chi connectivity index (χ4v) is 3.84. The van der Waals surface area contributed by atoms with E-state index in [1.54, 1.807) is 0 Å². The molecule has 4 nitrogen and oxygen atoms in total. The Bertz CT molecular complexity index is 1350. The lowest BCUT2D eigenvalue weighted by Crippen LogP contribution is -2.15. The summed E-state index contributed by atoms with van der Waals surface area (Å²) in [5.74, 6) is 0. The summed E-state index contributed by atoms with van der Waals surface area (Å²) >= 11 is 0. The highest BCUT2D eigenvalue weighted by Gasteiger charge is 2.16. The third-order valence-corrected chi connectivity index (χ3v) is 5.27. The SMILES string of the molecule is CCCN=c1cc2n(-c3ccccc3)c3ccccc3nc-2cc1Nc1ccccc1. The molecule has 3 aromatic carbocycles. The first-order chi connectivity index (χ1) is 15.3. The molecule has 0 amide bonds. The Morgan fingerprint density at radius 1 is 0.839 bits per heavy atom. The van der Waals surface area contributed by atoms with Gasteiger partial charge < -0.3 is 9.88 Å². The van der Waals surface area contributed by atoms with E-state index in [4.69, 9.17) is 9.98 Å². The number of fused-ring (bicyclic) bond motifs is 2. The first-order valence-corrected chi connectivity index (χ1v) is 10.7. The molecule has 0 radical (unpaired) electrons. The fraction of sp³-hybridized carbons (Fsp3) is 0.111. The normalized spacial score (nSPS) is 11.8. The largest absolute Gasteiger partial charge is 0.354 e. The predicted molar refractivity (Wildman–Crippen MR) is 128 cm³/mol. The number of hydrogen-bond donors (Lipinski definition) is 1. The van der Waals surface area contributed by atoms with E-state index in [-0.39, 0.29) is 0 Å². The quantitative estimate of drug-likeness (QED) is 0.355. The summed E-state index contributed by atoms with van der Waals surface area (Å²) in [4.78, 5) is 9.87. The van der Waals surface area contributed by atoms with Crippen molar-refractivity contribution in [2.75, 3.05) is 11.9 Å². The zero-order valence-electron chi connectivity index (χ0n) is 17.5. The lowest BCUT2D eigenvalue weighted by molar-refractivity contribution is 0.903. The van der Waals surface area contributed by atoms with Crippen molar-refractivity contribution in [3.63, 3.8) is 0 Å². The van der Waals surface area contributed by atoms with Crippen molar-refractivity contribution >= 4 is 22.4 Å². The maximum Gasteiger partial charge on any atom is 0.0900 e. The molecule has 0 saturated heterocycles. The first kappa shape index (κ1) is 19.1. The Morgan fingerprint density at radius 3 is 2.32 bits per heavy atom. The number of rotatable bonds is 5. The summed E-state index contributed by atoms with van der Waals surface area (Å²) in [6, 6.07) is 33.2. The minimum Gasteiger partial charge on any atom is -0.354 e. The molecule has 1 N–H and O–H groups in total. The van der Waals surface area contributed by atoms with Crippen LogP contribution in [0.15, 0.2) is 102 Å². The number of aromatic nitrogens is 2. The molecule has 1 aliphatic heterocycles. The van der Waals surface area contributed by atoms with Crippen molar-refractivity contribution < 1.29 is 0 Å². The maximum absolute atomic E-state index is 4.99. The van der Waals surface area contributed by atoms with Crippen molar-refractivity contribution in [3.05, 3.63) is 102 Å². The molecule has 5 rings (SSSR count). The van der Waals surface area contributed by atoms with Crippen LogP contribution in [0.3, 0.4) is 0 Å². The smallest absolute Gasteiger partial charge is 0.0900 e. The standard InChI is InChI=1S/C27H24N4/c1-2-17-28-23-19-27-25(18-24(23)29-20-11-5-3-6-12-20)30-22-15-9-10-16-26(22)31(27)21-13-7-4-8-14-21/h3-16,18-19,29H,2,17H2,1H3. The summed E-state index contributed by atoms with van der Waals surface area (Å²) in [5.41, 5.74) is 7.11. The van der Waals surface area contributed by atoms with Gasteiger partial charge in [0.2, 0.25) is 0 Å². The Kier molecular flexibility index (Phi) is 5.19. The maximum atomic E-state index is 4.99. The number of nitrogens with zero attached hydrogens (tertiary/aromatic N) is 3. The van der Waals surface area contributed by atoms with Gasteiger partial charge in [-0.05, 0) is 55.0 Å². The second-order valence-corrected chi connectivity index (χ2v) is 7.50. The molecule has 0 spiro atoms. The van der Waals surface area contributed by atoms with Gasteiger partial charge >= 0.3 is 0 Å². The molecule has 2 aliphatic rings. The monoisotopic (exact) mass is 404 g/mol. The van der Waals surface area contributed by atoms with Gasteiger partial charge in [-0.15, -0.1) is 0 Å². The molecular weight excluding hydrogens is 380 g/mol. The second-order valence-electron chi connectivity index (χ2n) is 7.50. The first-order valence-electron chi connectivity index (χ1n) is 10.7. The average molecular weight is 405 g/mol. The van der Waals surface area contributed by atoms with Gasteiger partial charge in [0.1, 0.15) is 0 Å². The predicted octanol–water partition coefficient (Wildman–Crippen LogP) is 6.18. The van der Waals surface area contributed by atoms with Gasteiger partial charge in [-0.3, -0.25) is 4.99 Å². The van der Waals surface area contributed by atoms with E-state index in [2.05, 4.69) is 83.5 Å². The molecule has 152 valence electrons. The molecule has 0 bridgehead atoms. The third kappa shape index (κ3) is 3.80. The van der Waals surface area contributed by atoms with Crippen LogP contribution < -0.4 is 10.7 Å². The molecular formula is C27H24N4. The van der Waals surface area contributed by atoms with Crippen molar-refractivity contribution in [2.45, 2.75) is 13.3 Å². The van der Waals surface area contributed by atoms with E-state index in [0.717, 1.165) is 57.8 Å². The molecule has 0 atom stereocenters. The Hall–Kier alpha value is -3.92. The van der Waals surface area contributed by atoms with Crippen LogP contribution in [0.25, 0.3) is 28.1 Å².